The van der Waals surface area contributed by atoms with Crippen LogP contribution >= 0.6 is 0 Å². The number of aryl methyl sites for hydroxylation is 2. The standard InChI is InChI=1S/C13H18O4S/c1-4-5-11(13(14)15)18(16,17)12-8-9(2)6-7-10(12)3/h6-8,11H,4-5H2,1-3H3,(H,14,15). The zero-order valence-corrected chi connectivity index (χ0v) is 11.6. The molecule has 5 heteroatoms. The number of hydrogen-bond donors (Lipinski definition) is 1. The largest absolute Gasteiger partial charge is 0.480 e. The first kappa shape index (κ1) is 14.7. The van der Waals surface area contributed by atoms with Gasteiger partial charge in [-0.25, -0.2) is 8.42 Å². The predicted molar refractivity (Wildman–Crippen MR) is 69.4 cm³/mol. The molecule has 0 aliphatic rings. The summed E-state index contributed by atoms with van der Waals surface area (Å²) in [5.74, 6) is -1.28. The third kappa shape index (κ3) is 2.90. The van der Waals surface area contributed by atoms with Crippen molar-refractivity contribution < 1.29 is 18.3 Å². The first-order chi connectivity index (χ1) is 8.30. The monoisotopic (exact) mass is 270 g/mol. The van der Waals surface area contributed by atoms with Crippen LogP contribution in [0, 0.1) is 13.8 Å². The number of carboxylic acids is 1. The van der Waals surface area contributed by atoms with Gasteiger partial charge in [-0.1, -0.05) is 25.5 Å². The maximum atomic E-state index is 12.4. The van der Waals surface area contributed by atoms with Gasteiger partial charge in [0.15, 0.2) is 15.1 Å². The number of carboxylic acid groups (broad SMARTS) is 1. The molecule has 0 saturated heterocycles. The summed E-state index contributed by atoms with van der Waals surface area (Å²) in [6.07, 6.45) is 0.645. The van der Waals surface area contributed by atoms with E-state index in [-0.39, 0.29) is 11.3 Å². The summed E-state index contributed by atoms with van der Waals surface area (Å²) in [4.78, 5) is 11.3. The predicted octanol–water partition coefficient (Wildman–Crippen LogP) is 2.33. The Labute approximate surface area is 108 Å². The van der Waals surface area contributed by atoms with Crippen molar-refractivity contribution in [3.63, 3.8) is 0 Å². The Hall–Kier alpha value is -1.36. The lowest BCUT2D eigenvalue weighted by Crippen LogP contribution is -2.30. The van der Waals surface area contributed by atoms with Gasteiger partial charge in [0, 0.05) is 0 Å². The van der Waals surface area contributed by atoms with Crippen LogP contribution in [0.2, 0.25) is 0 Å². The van der Waals surface area contributed by atoms with Gasteiger partial charge in [-0.05, 0) is 37.5 Å². The third-order valence-corrected chi connectivity index (χ3v) is 5.09. The molecule has 0 amide bonds. The highest BCUT2D eigenvalue weighted by Gasteiger charge is 2.34. The Kier molecular flexibility index (Phi) is 4.51. The van der Waals surface area contributed by atoms with Crippen LogP contribution in [0.3, 0.4) is 0 Å². The molecule has 0 heterocycles. The smallest absolute Gasteiger partial charge is 0.322 e. The average Bonchev–Trinajstić information content (AvgIpc) is 2.28. The van der Waals surface area contributed by atoms with Gasteiger partial charge in [-0.2, -0.15) is 0 Å². The van der Waals surface area contributed by atoms with Crippen LogP contribution in [-0.4, -0.2) is 24.7 Å². The Morgan fingerprint density at radius 1 is 1.33 bits per heavy atom. The van der Waals surface area contributed by atoms with Gasteiger partial charge in [0.1, 0.15) is 0 Å². The summed E-state index contributed by atoms with van der Waals surface area (Å²) >= 11 is 0. The van der Waals surface area contributed by atoms with Crippen LogP contribution in [0.4, 0.5) is 0 Å². The number of rotatable bonds is 5. The summed E-state index contributed by atoms with van der Waals surface area (Å²) < 4.78 is 24.7. The molecule has 1 unspecified atom stereocenters. The highest BCUT2D eigenvalue weighted by molar-refractivity contribution is 7.92. The third-order valence-electron chi connectivity index (χ3n) is 2.85. The van der Waals surface area contributed by atoms with Crippen LogP contribution < -0.4 is 0 Å². The molecule has 1 rings (SSSR count). The lowest BCUT2D eigenvalue weighted by atomic mass is 10.2. The topological polar surface area (TPSA) is 71.4 Å². The van der Waals surface area contributed by atoms with Gasteiger partial charge in [0.05, 0.1) is 4.90 Å². The van der Waals surface area contributed by atoms with Crippen molar-refractivity contribution in [1.29, 1.82) is 0 Å². The molecule has 100 valence electrons. The molecule has 0 bridgehead atoms. The highest BCUT2D eigenvalue weighted by Crippen LogP contribution is 2.24. The van der Waals surface area contributed by atoms with Crippen LogP contribution in [-0.2, 0) is 14.6 Å². The number of aliphatic carboxylic acids is 1. The van der Waals surface area contributed by atoms with Gasteiger partial charge < -0.3 is 5.11 Å². The molecule has 1 N–H and O–H groups in total. The normalized spacial score (nSPS) is 13.3. The fourth-order valence-electron chi connectivity index (χ4n) is 1.84. The zero-order chi connectivity index (χ0) is 13.9. The van der Waals surface area contributed by atoms with E-state index in [9.17, 15) is 13.2 Å². The van der Waals surface area contributed by atoms with Crippen LogP contribution in [0.5, 0.6) is 0 Å². The van der Waals surface area contributed by atoms with Gasteiger partial charge in [0.2, 0.25) is 0 Å². The minimum atomic E-state index is -3.82. The Morgan fingerprint density at radius 3 is 2.44 bits per heavy atom. The SMILES string of the molecule is CCCC(C(=O)O)S(=O)(=O)c1cc(C)ccc1C. The maximum absolute atomic E-state index is 12.4. The molecular formula is C13H18O4S. The first-order valence-electron chi connectivity index (χ1n) is 5.84. The summed E-state index contributed by atoms with van der Waals surface area (Å²) in [7, 11) is -3.82. The van der Waals surface area contributed by atoms with E-state index >= 15 is 0 Å². The minimum Gasteiger partial charge on any atom is -0.480 e. The van der Waals surface area contributed by atoms with Crippen LogP contribution in [0.1, 0.15) is 30.9 Å². The molecular weight excluding hydrogens is 252 g/mol. The van der Waals surface area contributed by atoms with E-state index < -0.39 is 21.1 Å². The van der Waals surface area contributed by atoms with E-state index in [4.69, 9.17) is 5.11 Å². The highest BCUT2D eigenvalue weighted by atomic mass is 32.2. The molecule has 0 radical (unpaired) electrons. The zero-order valence-electron chi connectivity index (χ0n) is 10.8. The molecule has 0 aliphatic carbocycles. The summed E-state index contributed by atoms with van der Waals surface area (Å²) in [6, 6.07) is 5.05. The lowest BCUT2D eigenvalue weighted by Gasteiger charge is -2.15. The fourth-order valence-corrected chi connectivity index (χ4v) is 3.83. The van der Waals surface area contributed by atoms with Gasteiger partial charge >= 0.3 is 5.97 Å². The molecule has 1 atom stereocenters. The molecule has 1 aromatic carbocycles. The Balaban J connectivity index is 3.35. The van der Waals surface area contributed by atoms with Gasteiger partial charge in [-0.15, -0.1) is 0 Å². The fraction of sp³-hybridized carbons (Fsp3) is 0.462. The van der Waals surface area contributed by atoms with E-state index in [0.717, 1.165) is 5.56 Å². The van der Waals surface area contributed by atoms with Crippen LogP contribution in [0.25, 0.3) is 0 Å². The molecule has 4 nitrogen and oxygen atoms in total. The van der Waals surface area contributed by atoms with Crippen LogP contribution in [0.15, 0.2) is 23.1 Å². The van der Waals surface area contributed by atoms with Crippen molar-refractivity contribution in [3.05, 3.63) is 29.3 Å². The van der Waals surface area contributed by atoms with Crippen molar-refractivity contribution in [1.82, 2.24) is 0 Å². The molecule has 0 saturated carbocycles. The van der Waals surface area contributed by atoms with E-state index in [0.29, 0.717) is 12.0 Å². The van der Waals surface area contributed by atoms with E-state index in [1.807, 2.05) is 6.07 Å². The summed E-state index contributed by atoms with van der Waals surface area (Å²) in [5.41, 5.74) is 1.39. The molecule has 0 aromatic heterocycles. The van der Waals surface area contributed by atoms with E-state index in [1.54, 1.807) is 26.8 Å². The van der Waals surface area contributed by atoms with Gasteiger partial charge in [0.25, 0.3) is 0 Å². The van der Waals surface area contributed by atoms with Crippen molar-refractivity contribution in [2.45, 2.75) is 43.8 Å². The number of benzene rings is 1. The number of hydrogen-bond acceptors (Lipinski definition) is 3. The Morgan fingerprint density at radius 2 is 1.94 bits per heavy atom. The quantitative estimate of drug-likeness (QED) is 0.891. The maximum Gasteiger partial charge on any atom is 0.322 e. The lowest BCUT2D eigenvalue weighted by molar-refractivity contribution is -0.136. The summed E-state index contributed by atoms with van der Waals surface area (Å²) in [6.45, 7) is 5.24. The van der Waals surface area contributed by atoms with Crippen molar-refractivity contribution >= 4 is 15.8 Å². The molecule has 1 aromatic rings. The number of carbonyl (C=O) groups is 1. The molecule has 0 fully saturated rings. The van der Waals surface area contributed by atoms with E-state index in [2.05, 4.69) is 0 Å². The van der Waals surface area contributed by atoms with Crippen molar-refractivity contribution in [2.75, 3.05) is 0 Å². The van der Waals surface area contributed by atoms with Crippen molar-refractivity contribution in [2.24, 2.45) is 0 Å². The number of sulfone groups is 1. The van der Waals surface area contributed by atoms with Crippen molar-refractivity contribution in [3.8, 4) is 0 Å². The summed E-state index contributed by atoms with van der Waals surface area (Å²) in [5, 5.41) is 7.72. The average molecular weight is 270 g/mol. The second kappa shape index (κ2) is 5.52. The second-order valence-electron chi connectivity index (χ2n) is 4.43. The first-order valence-corrected chi connectivity index (χ1v) is 7.39. The molecule has 0 aliphatic heterocycles. The minimum absolute atomic E-state index is 0.128. The molecule has 0 spiro atoms. The van der Waals surface area contributed by atoms with E-state index in [1.165, 1.54) is 6.07 Å². The second-order valence-corrected chi connectivity index (χ2v) is 6.53. The van der Waals surface area contributed by atoms with Gasteiger partial charge in [-0.3, -0.25) is 4.79 Å². The Bertz CT molecular complexity index is 546. The molecule has 18 heavy (non-hydrogen) atoms.